The summed E-state index contributed by atoms with van der Waals surface area (Å²) in [6.45, 7) is 4.63. The normalized spacial score (nSPS) is 33.4. The summed E-state index contributed by atoms with van der Waals surface area (Å²) in [5.74, 6) is 0.724. The Morgan fingerprint density at radius 1 is 1.39 bits per heavy atom. The van der Waals surface area contributed by atoms with Crippen LogP contribution < -0.4 is 5.73 Å². The van der Waals surface area contributed by atoms with Crippen LogP contribution in [0.5, 0.6) is 0 Å². The fourth-order valence-corrected chi connectivity index (χ4v) is 3.00. The van der Waals surface area contributed by atoms with Crippen molar-refractivity contribution >= 4 is 5.91 Å². The molecule has 0 bridgehead atoms. The molecule has 104 valence electrons. The number of ether oxygens (including phenoxy) is 1. The minimum atomic E-state index is 0.155. The summed E-state index contributed by atoms with van der Waals surface area (Å²) in [4.78, 5) is 14.2. The summed E-state index contributed by atoms with van der Waals surface area (Å²) in [5, 5.41) is 0. The van der Waals surface area contributed by atoms with Crippen molar-refractivity contribution in [2.24, 2.45) is 11.7 Å². The van der Waals surface area contributed by atoms with Crippen LogP contribution in [0.3, 0.4) is 0 Å². The number of nitrogens with two attached hydrogens (primary N) is 1. The van der Waals surface area contributed by atoms with E-state index in [0.717, 1.165) is 45.4 Å². The fourth-order valence-electron chi connectivity index (χ4n) is 3.00. The van der Waals surface area contributed by atoms with E-state index in [1.54, 1.807) is 0 Å². The molecule has 2 saturated heterocycles. The lowest BCUT2D eigenvalue weighted by Crippen LogP contribution is -2.49. The van der Waals surface area contributed by atoms with Gasteiger partial charge in [-0.3, -0.25) is 4.79 Å². The molecular weight excluding hydrogens is 228 g/mol. The first-order chi connectivity index (χ1) is 8.70. The summed E-state index contributed by atoms with van der Waals surface area (Å²) >= 11 is 0. The number of carbonyl (C=O) groups is 1. The van der Waals surface area contributed by atoms with Gasteiger partial charge in [-0.15, -0.1) is 0 Å². The van der Waals surface area contributed by atoms with Crippen LogP contribution in [0.25, 0.3) is 0 Å². The molecule has 0 aliphatic carbocycles. The molecule has 0 aromatic heterocycles. The molecule has 3 unspecified atom stereocenters. The molecule has 2 rings (SSSR count). The van der Waals surface area contributed by atoms with Crippen LogP contribution in [-0.4, -0.2) is 42.6 Å². The first-order valence-electron chi connectivity index (χ1n) is 7.35. The van der Waals surface area contributed by atoms with Gasteiger partial charge in [-0.1, -0.05) is 13.3 Å². The molecule has 0 saturated carbocycles. The zero-order valence-corrected chi connectivity index (χ0v) is 11.4. The van der Waals surface area contributed by atoms with Crippen molar-refractivity contribution in [1.29, 1.82) is 0 Å². The average molecular weight is 254 g/mol. The summed E-state index contributed by atoms with van der Waals surface area (Å²) in [5.41, 5.74) is 6.07. The summed E-state index contributed by atoms with van der Waals surface area (Å²) < 4.78 is 5.64. The number of hydrogen-bond acceptors (Lipinski definition) is 3. The molecule has 4 nitrogen and oxygen atoms in total. The molecular formula is C14H26N2O2. The van der Waals surface area contributed by atoms with Crippen molar-refractivity contribution in [2.75, 3.05) is 19.7 Å². The molecule has 18 heavy (non-hydrogen) atoms. The number of piperidine rings is 1. The topological polar surface area (TPSA) is 55.6 Å². The number of likely N-dealkylation sites (tertiary alicyclic amines) is 1. The largest absolute Gasteiger partial charge is 0.378 e. The molecule has 2 heterocycles. The second kappa shape index (κ2) is 6.53. The number of nitrogens with zero attached hydrogens (tertiary/aromatic N) is 1. The second-order valence-electron chi connectivity index (χ2n) is 5.65. The van der Waals surface area contributed by atoms with Crippen LogP contribution >= 0.6 is 0 Å². The predicted molar refractivity (Wildman–Crippen MR) is 71.2 cm³/mol. The Balaban J connectivity index is 1.81. The smallest absolute Gasteiger partial charge is 0.225 e. The quantitative estimate of drug-likeness (QED) is 0.831. The Morgan fingerprint density at radius 3 is 2.89 bits per heavy atom. The van der Waals surface area contributed by atoms with Gasteiger partial charge < -0.3 is 15.4 Å². The summed E-state index contributed by atoms with van der Waals surface area (Å²) in [6.07, 6.45) is 6.09. The van der Waals surface area contributed by atoms with Gasteiger partial charge in [0.2, 0.25) is 5.91 Å². The van der Waals surface area contributed by atoms with Crippen molar-refractivity contribution < 1.29 is 9.53 Å². The standard InChI is InChI=1S/C14H26N2O2/c1-2-11-10-16(7-6-13(11)15)14(17)9-12-5-3-4-8-18-12/h11-13H,2-10,15H2,1H3. The van der Waals surface area contributed by atoms with Gasteiger partial charge in [-0.05, 0) is 31.6 Å². The van der Waals surface area contributed by atoms with Gasteiger partial charge in [-0.25, -0.2) is 0 Å². The van der Waals surface area contributed by atoms with Gasteiger partial charge in [0.25, 0.3) is 0 Å². The van der Waals surface area contributed by atoms with E-state index in [0.29, 0.717) is 12.3 Å². The first-order valence-corrected chi connectivity index (χ1v) is 7.35. The minimum Gasteiger partial charge on any atom is -0.378 e. The van der Waals surface area contributed by atoms with Gasteiger partial charge in [-0.2, -0.15) is 0 Å². The van der Waals surface area contributed by atoms with E-state index in [1.807, 2.05) is 4.90 Å². The highest BCUT2D eigenvalue weighted by atomic mass is 16.5. The van der Waals surface area contributed by atoms with Crippen molar-refractivity contribution in [3.05, 3.63) is 0 Å². The maximum Gasteiger partial charge on any atom is 0.225 e. The molecule has 0 aromatic rings. The Labute approximate surface area is 110 Å². The molecule has 4 heteroatoms. The monoisotopic (exact) mass is 254 g/mol. The van der Waals surface area contributed by atoms with E-state index >= 15 is 0 Å². The van der Waals surface area contributed by atoms with Crippen LogP contribution in [0.4, 0.5) is 0 Å². The molecule has 2 aliphatic rings. The Bertz CT molecular complexity index is 277. The molecule has 0 aromatic carbocycles. The van der Waals surface area contributed by atoms with Crippen molar-refractivity contribution in [2.45, 2.75) is 57.6 Å². The predicted octanol–water partition coefficient (Wildman–Crippen LogP) is 1.53. The molecule has 0 spiro atoms. The minimum absolute atomic E-state index is 0.155. The van der Waals surface area contributed by atoms with Crippen LogP contribution in [0.15, 0.2) is 0 Å². The Morgan fingerprint density at radius 2 is 2.22 bits per heavy atom. The van der Waals surface area contributed by atoms with E-state index in [1.165, 1.54) is 6.42 Å². The van der Waals surface area contributed by atoms with Crippen molar-refractivity contribution in [1.82, 2.24) is 4.90 Å². The second-order valence-corrected chi connectivity index (χ2v) is 5.65. The lowest BCUT2D eigenvalue weighted by atomic mass is 9.90. The highest BCUT2D eigenvalue weighted by molar-refractivity contribution is 5.76. The van der Waals surface area contributed by atoms with Gasteiger partial charge in [0.05, 0.1) is 12.5 Å². The van der Waals surface area contributed by atoms with E-state index in [2.05, 4.69) is 6.92 Å². The van der Waals surface area contributed by atoms with Gasteiger partial charge in [0.1, 0.15) is 0 Å². The lowest BCUT2D eigenvalue weighted by Gasteiger charge is -2.37. The molecule has 2 N–H and O–H groups in total. The van der Waals surface area contributed by atoms with E-state index in [4.69, 9.17) is 10.5 Å². The highest BCUT2D eigenvalue weighted by Gasteiger charge is 2.29. The SMILES string of the molecule is CCC1CN(C(=O)CC2CCCCO2)CCC1N. The van der Waals surface area contributed by atoms with E-state index < -0.39 is 0 Å². The highest BCUT2D eigenvalue weighted by Crippen LogP contribution is 2.21. The number of hydrogen-bond donors (Lipinski definition) is 1. The maximum atomic E-state index is 12.2. The fraction of sp³-hybridized carbons (Fsp3) is 0.929. The van der Waals surface area contributed by atoms with Gasteiger partial charge in [0.15, 0.2) is 0 Å². The van der Waals surface area contributed by atoms with Crippen molar-refractivity contribution in [3.63, 3.8) is 0 Å². The lowest BCUT2D eigenvalue weighted by molar-refractivity contribution is -0.137. The third-order valence-electron chi connectivity index (χ3n) is 4.35. The molecule has 0 radical (unpaired) electrons. The number of rotatable bonds is 3. The first kappa shape index (κ1) is 13.8. The van der Waals surface area contributed by atoms with E-state index in [-0.39, 0.29) is 18.1 Å². The summed E-state index contributed by atoms with van der Waals surface area (Å²) in [6, 6.07) is 0.269. The van der Waals surface area contributed by atoms with E-state index in [9.17, 15) is 4.79 Å². The summed E-state index contributed by atoms with van der Waals surface area (Å²) in [7, 11) is 0. The Kier molecular flexibility index (Phi) is 5.01. The van der Waals surface area contributed by atoms with Crippen LogP contribution in [0.2, 0.25) is 0 Å². The van der Waals surface area contributed by atoms with Crippen LogP contribution in [-0.2, 0) is 9.53 Å². The van der Waals surface area contributed by atoms with Crippen LogP contribution in [0, 0.1) is 5.92 Å². The van der Waals surface area contributed by atoms with Crippen LogP contribution in [0.1, 0.15) is 45.4 Å². The number of carbonyl (C=O) groups excluding carboxylic acids is 1. The third-order valence-corrected chi connectivity index (χ3v) is 4.35. The molecule has 3 atom stereocenters. The Hall–Kier alpha value is -0.610. The van der Waals surface area contributed by atoms with Gasteiger partial charge >= 0.3 is 0 Å². The zero-order chi connectivity index (χ0) is 13.0. The molecule has 1 amide bonds. The average Bonchev–Trinajstić information content (AvgIpc) is 2.40. The number of amides is 1. The van der Waals surface area contributed by atoms with Gasteiger partial charge in [0, 0.05) is 25.7 Å². The van der Waals surface area contributed by atoms with Crippen molar-refractivity contribution in [3.8, 4) is 0 Å². The zero-order valence-electron chi connectivity index (χ0n) is 11.4. The molecule has 2 fully saturated rings. The third kappa shape index (κ3) is 3.45. The maximum absolute atomic E-state index is 12.2. The molecule has 2 aliphatic heterocycles.